The zero-order valence-corrected chi connectivity index (χ0v) is 12.0. The van der Waals surface area contributed by atoms with Crippen molar-refractivity contribution in [2.45, 2.75) is 32.2 Å². The van der Waals surface area contributed by atoms with Crippen LogP contribution in [0.2, 0.25) is 0 Å². The van der Waals surface area contributed by atoms with E-state index in [4.69, 9.17) is 14.3 Å². The van der Waals surface area contributed by atoms with Gasteiger partial charge in [-0.25, -0.2) is 4.79 Å². The molecule has 1 atom stereocenters. The van der Waals surface area contributed by atoms with Crippen LogP contribution in [0.1, 0.15) is 47.3 Å². The molecule has 2 fully saturated rings. The van der Waals surface area contributed by atoms with Crippen LogP contribution in [0.15, 0.2) is 16.5 Å². The van der Waals surface area contributed by atoms with Crippen molar-refractivity contribution in [2.24, 2.45) is 5.41 Å². The molecule has 6 heteroatoms. The van der Waals surface area contributed by atoms with Crippen LogP contribution in [0.25, 0.3) is 0 Å². The molecule has 0 aliphatic carbocycles. The lowest BCUT2D eigenvalue weighted by Crippen LogP contribution is -2.43. The lowest BCUT2D eigenvalue weighted by atomic mass is 9.74. The lowest BCUT2D eigenvalue weighted by molar-refractivity contribution is -0.000230. The Bertz CT molecular complexity index is 558. The molecule has 21 heavy (non-hydrogen) atoms. The molecule has 3 heterocycles. The zero-order valence-electron chi connectivity index (χ0n) is 12.0. The molecule has 114 valence electrons. The number of hydrogen-bond acceptors (Lipinski definition) is 4. The van der Waals surface area contributed by atoms with Crippen LogP contribution in [0.5, 0.6) is 0 Å². The van der Waals surface area contributed by atoms with Crippen molar-refractivity contribution < 1.29 is 23.8 Å². The third-order valence-corrected chi connectivity index (χ3v) is 4.98. The lowest BCUT2D eigenvalue weighted by Gasteiger charge is -2.38. The van der Waals surface area contributed by atoms with Gasteiger partial charge >= 0.3 is 5.97 Å². The van der Waals surface area contributed by atoms with Gasteiger partial charge in [0.2, 0.25) is 5.76 Å². The van der Waals surface area contributed by atoms with Crippen molar-refractivity contribution in [2.75, 3.05) is 19.8 Å². The average Bonchev–Trinajstić information content (AvgIpc) is 3.07. The minimum atomic E-state index is -1.16. The Morgan fingerprint density at radius 2 is 1.90 bits per heavy atom. The molecular weight excluding hydrogens is 274 g/mol. The first-order valence-corrected chi connectivity index (χ1v) is 7.25. The van der Waals surface area contributed by atoms with Gasteiger partial charge in [0.25, 0.3) is 5.91 Å². The molecule has 0 radical (unpaired) electrons. The first-order valence-electron chi connectivity index (χ1n) is 7.25. The fourth-order valence-corrected chi connectivity index (χ4v) is 3.51. The molecule has 0 saturated carbocycles. The first-order chi connectivity index (χ1) is 10.0. The number of carboxylic acids is 1. The predicted octanol–water partition coefficient (Wildman–Crippen LogP) is 2.01. The van der Waals surface area contributed by atoms with Gasteiger partial charge in [0.05, 0.1) is 0 Å². The first kappa shape index (κ1) is 14.1. The van der Waals surface area contributed by atoms with Gasteiger partial charge in [-0.2, -0.15) is 0 Å². The molecule has 6 nitrogen and oxygen atoms in total. The standard InChI is InChI=1S/C15H19NO5/c1-10-15(5-8-20-9-6-15)4-7-16(10)13(17)11-2-3-12(21-11)14(18)19/h2-3,10H,4-9H2,1H3,(H,18,19). The maximum Gasteiger partial charge on any atom is 0.371 e. The number of ether oxygens (including phenoxy) is 1. The Labute approximate surface area is 122 Å². The minimum absolute atomic E-state index is 0.100. The third-order valence-electron chi connectivity index (χ3n) is 4.98. The van der Waals surface area contributed by atoms with Crippen molar-refractivity contribution in [3.63, 3.8) is 0 Å². The SMILES string of the molecule is CC1N(C(=O)c2ccc(C(=O)O)o2)CCC12CCOCC2. The van der Waals surface area contributed by atoms with Crippen LogP contribution >= 0.6 is 0 Å². The Morgan fingerprint density at radius 3 is 2.52 bits per heavy atom. The van der Waals surface area contributed by atoms with Crippen LogP contribution in [0.3, 0.4) is 0 Å². The van der Waals surface area contributed by atoms with Gasteiger partial charge in [-0.3, -0.25) is 4.79 Å². The van der Waals surface area contributed by atoms with Gasteiger partial charge < -0.3 is 19.2 Å². The minimum Gasteiger partial charge on any atom is -0.475 e. The largest absolute Gasteiger partial charge is 0.475 e. The Morgan fingerprint density at radius 1 is 1.24 bits per heavy atom. The van der Waals surface area contributed by atoms with E-state index < -0.39 is 5.97 Å². The van der Waals surface area contributed by atoms with E-state index in [1.54, 1.807) is 4.90 Å². The van der Waals surface area contributed by atoms with Gasteiger partial charge in [0.1, 0.15) is 0 Å². The second-order valence-corrected chi connectivity index (χ2v) is 5.87. The highest BCUT2D eigenvalue weighted by Gasteiger charge is 2.47. The van der Waals surface area contributed by atoms with Gasteiger partial charge in [0.15, 0.2) is 5.76 Å². The van der Waals surface area contributed by atoms with Gasteiger partial charge in [0, 0.05) is 25.8 Å². The summed E-state index contributed by atoms with van der Waals surface area (Å²) in [4.78, 5) is 25.2. The van der Waals surface area contributed by atoms with Crippen molar-refractivity contribution in [1.29, 1.82) is 0 Å². The summed E-state index contributed by atoms with van der Waals surface area (Å²) in [5.74, 6) is -1.49. The van der Waals surface area contributed by atoms with Gasteiger partial charge in [-0.1, -0.05) is 0 Å². The summed E-state index contributed by atoms with van der Waals surface area (Å²) >= 11 is 0. The van der Waals surface area contributed by atoms with Gasteiger partial charge in [-0.05, 0) is 43.7 Å². The number of furan rings is 1. The van der Waals surface area contributed by atoms with Crippen LogP contribution in [0, 0.1) is 5.41 Å². The number of carbonyl (C=O) groups is 2. The van der Waals surface area contributed by atoms with E-state index in [1.807, 2.05) is 0 Å². The maximum absolute atomic E-state index is 12.5. The maximum atomic E-state index is 12.5. The van der Waals surface area contributed by atoms with E-state index in [-0.39, 0.29) is 28.9 Å². The molecule has 2 aliphatic rings. The predicted molar refractivity (Wildman–Crippen MR) is 73.3 cm³/mol. The molecule has 2 aliphatic heterocycles. The Balaban J connectivity index is 1.77. The molecular formula is C15H19NO5. The number of amides is 1. The highest BCUT2D eigenvalue weighted by molar-refractivity contribution is 5.94. The summed E-state index contributed by atoms with van der Waals surface area (Å²) in [6, 6.07) is 2.88. The quantitative estimate of drug-likeness (QED) is 0.902. The van der Waals surface area contributed by atoms with E-state index in [9.17, 15) is 9.59 Å². The summed E-state index contributed by atoms with van der Waals surface area (Å²) in [5.41, 5.74) is 0.135. The van der Waals surface area contributed by atoms with Crippen molar-refractivity contribution >= 4 is 11.9 Å². The molecule has 1 amide bonds. The van der Waals surface area contributed by atoms with Crippen molar-refractivity contribution in [1.82, 2.24) is 4.90 Å². The Kier molecular flexibility index (Phi) is 3.49. The number of aromatic carboxylic acids is 1. The number of nitrogens with zero attached hydrogens (tertiary/aromatic N) is 1. The smallest absolute Gasteiger partial charge is 0.371 e. The topological polar surface area (TPSA) is 80.0 Å². The van der Waals surface area contributed by atoms with E-state index in [1.165, 1.54) is 12.1 Å². The second-order valence-electron chi connectivity index (χ2n) is 5.87. The van der Waals surface area contributed by atoms with E-state index in [0.29, 0.717) is 6.54 Å². The fraction of sp³-hybridized carbons (Fsp3) is 0.600. The summed E-state index contributed by atoms with van der Waals surface area (Å²) in [6.45, 7) is 4.24. The third kappa shape index (κ3) is 2.33. The molecule has 1 aromatic rings. The number of hydrogen-bond donors (Lipinski definition) is 1. The van der Waals surface area contributed by atoms with Crippen LogP contribution in [-0.4, -0.2) is 47.7 Å². The summed E-state index contributed by atoms with van der Waals surface area (Å²) < 4.78 is 10.6. The zero-order chi connectivity index (χ0) is 15.0. The molecule has 1 aromatic heterocycles. The molecule has 3 rings (SSSR count). The van der Waals surface area contributed by atoms with E-state index in [0.717, 1.165) is 32.5 Å². The number of likely N-dealkylation sites (tertiary alicyclic amines) is 1. The number of carboxylic acid groups (broad SMARTS) is 1. The molecule has 0 bridgehead atoms. The van der Waals surface area contributed by atoms with E-state index >= 15 is 0 Å². The average molecular weight is 293 g/mol. The highest BCUT2D eigenvalue weighted by Crippen LogP contribution is 2.45. The molecule has 1 spiro atoms. The number of rotatable bonds is 2. The molecule has 1 unspecified atom stereocenters. The normalized spacial score (nSPS) is 24.4. The van der Waals surface area contributed by atoms with Crippen molar-refractivity contribution in [3.8, 4) is 0 Å². The molecule has 0 aromatic carbocycles. The Hall–Kier alpha value is -1.82. The van der Waals surface area contributed by atoms with Crippen molar-refractivity contribution in [3.05, 3.63) is 23.7 Å². The summed E-state index contributed by atoms with van der Waals surface area (Å²) in [7, 11) is 0. The number of carbonyl (C=O) groups excluding carboxylic acids is 1. The second kappa shape index (κ2) is 5.18. The summed E-state index contributed by atoms with van der Waals surface area (Å²) in [5, 5.41) is 8.86. The fourth-order valence-electron chi connectivity index (χ4n) is 3.51. The van der Waals surface area contributed by atoms with Crippen LogP contribution in [0.4, 0.5) is 0 Å². The van der Waals surface area contributed by atoms with Gasteiger partial charge in [-0.15, -0.1) is 0 Å². The van der Waals surface area contributed by atoms with E-state index in [2.05, 4.69) is 6.92 Å². The molecule has 2 saturated heterocycles. The monoisotopic (exact) mass is 293 g/mol. The van der Waals surface area contributed by atoms with Crippen LogP contribution < -0.4 is 0 Å². The highest BCUT2D eigenvalue weighted by atomic mass is 16.5. The summed E-state index contributed by atoms with van der Waals surface area (Å²) in [6.07, 6.45) is 2.91. The van der Waals surface area contributed by atoms with Crippen LogP contribution in [-0.2, 0) is 4.74 Å². The molecule has 1 N–H and O–H groups in total.